The number of benzene rings is 3. The minimum absolute atomic E-state index is 0.0487. The zero-order valence-electron chi connectivity index (χ0n) is 12.2. The molecule has 1 amide bonds. The van der Waals surface area contributed by atoms with E-state index in [1.54, 1.807) is 47.4 Å². The number of nitrogens with zero attached hydrogens (tertiary/aromatic N) is 1. The Labute approximate surface area is 139 Å². The molecule has 0 heterocycles. The largest absolute Gasteiger partial charge is 0.507 e. The molecule has 0 aliphatic heterocycles. The van der Waals surface area contributed by atoms with Crippen LogP contribution >= 0.6 is 11.6 Å². The Kier molecular flexibility index (Phi) is 4.31. The number of aromatic hydroxyl groups is 1. The van der Waals surface area contributed by atoms with Gasteiger partial charge in [0.25, 0.3) is 5.91 Å². The third-order valence-corrected chi connectivity index (χ3v) is 3.69. The van der Waals surface area contributed by atoms with Gasteiger partial charge in [-0.1, -0.05) is 41.9 Å². The van der Waals surface area contributed by atoms with Crippen LogP contribution in [0.2, 0.25) is 5.02 Å². The first kappa shape index (κ1) is 15.1. The number of carbonyl (C=O) groups excluding carboxylic acids is 1. The van der Waals surface area contributed by atoms with Gasteiger partial charge in [0.1, 0.15) is 5.75 Å². The van der Waals surface area contributed by atoms with Crippen LogP contribution < -0.4 is 4.90 Å². The number of anilines is 2. The van der Waals surface area contributed by atoms with Gasteiger partial charge in [-0.15, -0.1) is 0 Å². The van der Waals surface area contributed by atoms with Crippen molar-refractivity contribution in [3.05, 3.63) is 89.4 Å². The third-order valence-electron chi connectivity index (χ3n) is 3.44. The molecule has 0 saturated heterocycles. The number of para-hydroxylation sites is 2. The van der Waals surface area contributed by atoms with E-state index in [0.717, 1.165) is 0 Å². The summed E-state index contributed by atoms with van der Waals surface area (Å²) >= 11 is 5.94. The van der Waals surface area contributed by atoms with Gasteiger partial charge in [-0.25, -0.2) is 0 Å². The van der Waals surface area contributed by atoms with Crippen molar-refractivity contribution < 1.29 is 9.90 Å². The van der Waals surface area contributed by atoms with Crippen LogP contribution in [0, 0.1) is 0 Å². The highest BCUT2D eigenvalue weighted by molar-refractivity contribution is 6.30. The molecule has 114 valence electrons. The first-order valence-corrected chi connectivity index (χ1v) is 7.47. The predicted octanol–water partition coefficient (Wildman–Crippen LogP) is 5.02. The normalized spacial score (nSPS) is 10.3. The van der Waals surface area contributed by atoms with E-state index in [1.165, 1.54) is 6.07 Å². The first-order valence-electron chi connectivity index (χ1n) is 7.10. The molecule has 3 aromatic carbocycles. The van der Waals surface area contributed by atoms with Crippen LogP contribution in [0.15, 0.2) is 78.9 Å². The summed E-state index contributed by atoms with van der Waals surface area (Å²) in [6, 6.07) is 22.8. The number of phenolic OH excluding ortho intramolecular Hbond substituents is 1. The zero-order valence-corrected chi connectivity index (χ0v) is 12.9. The molecule has 0 aliphatic carbocycles. The van der Waals surface area contributed by atoms with Crippen molar-refractivity contribution in [3.8, 4) is 5.75 Å². The number of hydrogen-bond acceptors (Lipinski definition) is 2. The fraction of sp³-hybridized carbons (Fsp3) is 0. The number of halogens is 1. The van der Waals surface area contributed by atoms with E-state index < -0.39 is 0 Å². The molecular formula is C19H14ClNO2. The number of rotatable bonds is 3. The van der Waals surface area contributed by atoms with Crippen molar-refractivity contribution >= 4 is 28.9 Å². The monoisotopic (exact) mass is 323 g/mol. The molecule has 0 aromatic heterocycles. The van der Waals surface area contributed by atoms with Crippen LogP contribution in [0.4, 0.5) is 11.4 Å². The second kappa shape index (κ2) is 6.55. The molecule has 0 spiro atoms. The highest BCUT2D eigenvalue weighted by Gasteiger charge is 2.21. The quantitative estimate of drug-likeness (QED) is 0.735. The lowest BCUT2D eigenvalue weighted by molar-refractivity contribution is 0.0996. The summed E-state index contributed by atoms with van der Waals surface area (Å²) in [6.07, 6.45) is 0. The molecule has 3 rings (SSSR count). The number of carbonyl (C=O) groups is 1. The maximum Gasteiger partial charge on any atom is 0.266 e. The van der Waals surface area contributed by atoms with Gasteiger partial charge in [0, 0.05) is 16.4 Å². The van der Waals surface area contributed by atoms with Gasteiger partial charge >= 0.3 is 0 Å². The van der Waals surface area contributed by atoms with Crippen LogP contribution in [-0.2, 0) is 0 Å². The first-order chi connectivity index (χ1) is 11.2. The van der Waals surface area contributed by atoms with Gasteiger partial charge in [-0.05, 0) is 48.5 Å². The van der Waals surface area contributed by atoms with E-state index in [2.05, 4.69) is 0 Å². The lowest BCUT2D eigenvalue weighted by Gasteiger charge is -2.23. The fourth-order valence-corrected chi connectivity index (χ4v) is 2.45. The molecule has 0 radical (unpaired) electrons. The second-order valence-corrected chi connectivity index (χ2v) is 5.41. The number of amides is 1. The molecule has 0 fully saturated rings. The highest BCUT2D eigenvalue weighted by atomic mass is 35.5. The summed E-state index contributed by atoms with van der Waals surface area (Å²) in [5, 5.41) is 10.6. The van der Waals surface area contributed by atoms with Crippen LogP contribution in [0.3, 0.4) is 0 Å². The smallest absolute Gasteiger partial charge is 0.266 e. The maximum atomic E-state index is 13.0. The minimum atomic E-state index is -0.309. The Bertz CT molecular complexity index is 816. The summed E-state index contributed by atoms with van der Waals surface area (Å²) in [6.45, 7) is 0. The van der Waals surface area contributed by atoms with Crippen LogP contribution in [-0.4, -0.2) is 11.0 Å². The van der Waals surface area contributed by atoms with Crippen molar-refractivity contribution in [1.29, 1.82) is 0 Å². The summed E-state index contributed by atoms with van der Waals surface area (Å²) < 4.78 is 0. The van der Waals surface area contributed by atoms with E-state index >= 15 is 0 Å². The molecule has 0 atom stereocenters. The Hall–Kier alpha value is -2.78. The van der Waals surface area contributed by atoms with Crippen molar-refractivity contribution in [3.63, 3.8) is 0 Å². The molecule has 3 nitrogen and oxygen atoms in total. The minimum Gasteiger partial charge on any atom is -0.507 e. The van der Waals surface area contributed by atoms with Gasteiger partial charge in [0.05, 0.1) is 5.56 Å². The third kappa shape index (κ3) is 3.20. The van der Waals surface area contributed by atoms with Crippen molar-refractivity contribution in [2.75, 3.05) is 4.90 Å². The summed E-state index contributed by atoms with van der Waals surface area (Å²) in [5.41, 5.74) is 1.63. The van der Waals surface area contributed by atoms with Gasteiger partial charge in [0.2, 0.25) is 0 Å². The van der Waals surface area contributed by atoms with Gasteiger partial charge in [-0.3, -0.25) is 9.69 Å². The summed E-state index contributed by atoms with van der Waals surface area (Å²) in [5.74, 6) is -0.357. The Morgan fingerprint density at radius 1 is 0.783 bits per heavy atom. The van der Waals surface area contributed by atoms with Crippen molar-refractivity contribution in [2.24, 2.45) is 0 Å². The van der Waals surface area contributed by atoms with Gasteiger partial charge in [-0.2, -0.15) is 0 Å². The number of phenols is 1. The average Bonchev–Trinajstić information content (AvgIpc) is 2.58. The van der Waals surface area contributed by atoms with Crippen molar-refractivity contribution in [2.45, 2.75) is 0 Å². The van der Waals surface area contributed by atoms with Gasteiger partial charge in [0.15, 0.2) is 0 Å². The molecule has 1 N–H and O–H groups in total. The Morgan fingerprint density at radius 2 is 1.35 bits per heavy atom. The van der Waals surface area contributed by atoms with Crippen LogP contribution in [0.5, 0.6) is 5.75 Å². The van der Waals surface area contributed by atoms with E-state index in [1.807, 2.05) is 30.3 Å². The number of hydrogen-bond donors (Lipinski definition) is 1. The van der Waals surface area contributed by atoms with Crippen LogP contribution in [0.25, 0.3) is 0 Å². The topological polar surface area (TPSA) is 40.5 Å². The molecule has 3 aromatic rings. The molecule has 23 heavy (non-hydrogen) atoms. The zero-order chi connectivity index (χ0) is 16.2. The second-order valence-electron chi connectivity index (χ2n) is 4.97. The highest BCUT2D eigenvalue weighted by Crippen LogP contribution is 2.30. The molecular weight excluding hydrogens is 310 g/mol. The molecule has 0 aliphatic rings. The molecule has 0 unspecified atom stereocenters. The van der Waals surface area contributed by atoms with Crippen molar-refractivity contribution in [1.82, 2.24) is 0 Å². The standard InChI is InChI=1S/C19H14ClNO2/c20-14-10-12-16(13-11-14)21(15-6-2-1-3-7-15)19(23)17-8-4-5-9-18(17)22/h1-13,22H. The van der Waals surface area contributed by atoms with E-state index in [-0.39, 0.29) is 17.2 Å². The van der Waals surface area contributed by atoms with E-state index in [4.69, 9.17) is 11.6 Å². The molecule has 4 heteroatoms. The SMILES string of the molecule is O=C(c1ccccc1O)N(c1ccccc1)c1ccc(Cl)cc1. The van der Waals surface area contributed by atoms with E-state index in [0.29, 0.717) is 16.4 Å². The predicted molar refractivity (Wildman–Crippen MR) is 92.5 cm³/mol. The van der Waals surface area contributed by atoms with Crippen LogP contribution in [0.1, 0.15) is 10.4 Å². The van der Waals surface area contributed by atoms with E-state index in [9.17, 15) is 9.90 Å². The summed E-state index contributed by atoms with van der Waals surface area (Å²) in [4.78, 5) is 14.5. The lowest BCUT2D eigenvalue weighted by atomic mass is 10.1. The Morgan fingerprint density at radius 3 is 2.00 bits per heavy atom. The Balaban J connectivity index is 2.11. The fourth-order valence-electron chi connectivity index (χ4n) is 2.33. The van der Waals surface area contributed by atoms with Gasteiger partial charge < -0.3 is 5.11 Å². The summed E-state index contributed by atoms with van der Waals surface area (Å²) in [7, 11) is 0. The molecule has 0 saturated carbocycles. The lowest BCUT2D eigenvalue weighted by Crippen LogP contribution is -2.25. The maximum absolute atomic E-state index is 13.0. The molecule has 0 bridgehead atoms. The average molecular weight is 324 g/mol.